The SMILES string of the molecule is Cc1ccc(F)cc1OCc1nccs1. The lowest BCUT2D eigenvalue weighted by atomic mass is 10.2. The molecule has 0 spiro atoms. The van der Waals surface area contributed by atoms with Gasteiger partial charge in [-0.25, -0.2) is 9.37 Å². The van der Waals surface area contributed by atoms with Crippen molar-refractivity contribution in [3.8, 4) is 5.75 Å². The lowest BCUT2D eigenvalue weighted by molar-refractivity contribution is 0.302. The van der Waals surface area contributed by atoms with Crippen LogP contribution in [0, 0.1) is 12.7 Å². The van der Waals surface area contributed by atoms with Crippen LogP contribution < -0.4 is 4.74 Å². The van der Waals surface area contributed by atoms with Crippen molar-refractivity contribution in [3.05, 3.63) is 46.2 Å². The molecule has 0 amide bonds. The Hall–Kier alpha value is -1.42. The highest BCUT2D eigenvalue weighted by Gasteiger charge is 2.02. The summed E-state index contributed by atoms with van der Waals surface area (Å²) >= 11 is 1.52. The minimum absolute atomic E-state index is 0.283. The Bertz CT molecular complexity index is 442. The van der Waals surface area contributed by atoms with Gasteiger partial charge in [0.2, 0.25) is 0 Å². The van der Waals surface area contributed by atoms with Crippen molar-refractivity contribution in [3.63, 3.8) is 0 Å². The lowest BCUT2D eigenvalue weighted by Gasteiger charge is -2.07. The third kappa shape index (κ3) is 2.53. The molecule has 0 aliphatic rings. The molecule has 2 aromatic rings. The number of hydrogen-bond donors (Lipinski definition) is 0. The normalized spacial score (nSPS) is 10.3. The lowest BCUT2D eigenvalue weighted by Crippen LogP contribution is -1.96. The van der Waals surface area contributed by atoms with E-state index in [4.69, 9.17) is 4.74 Å². The smallest absolute Gasteiger partial charge is 0.140 e. The van der Waals surface area contributed by atoms with Crippen LogP contribution in [0.25, 0.3) is 0 Å². The highest BCUT2D eigenvalue weighted by atomic mass is 32.1. The van der Waals surface area contributed by atoms with E-state index in [1.807, 2.05) is 12.3 Å². The van der Waals surface area contributed by atoms with Crippen LogP contribution in [0.3, 0.4) is 0 Å². The number of aromatic nitrogens is 1. The highest BCUT2D eigenvalue weighted by Crippen LogP contribution is 2.20. The summed E-state index contributed by atoms with van der Waals surface area (Å²) in [5, 5.41) is 2.77. The molecule has 15 heavy (non-hydrogen) atoms. The molecule has 0 saturated heterocycles. The minimum atomic E-state index is -0.283. The first-order valence-corrected chi connectivity index (χ1v) is 5.41. The molecule has 2 nitrogen and oxygen atoms in total. The Morgan fingerprint density at radius 3 is 3.07 bits per heavy atom. The highest BCUT2D eigenvalue weighted by molar-refractivity contribution is 7.09. The van der Waals surface area contributed by atoms with Gasteiger partial charge in [0, 0.05) is 17.6 Å². The molecule has 1 aromatic carbocycles. The monoisotopic (exact) mass is 223 g/mol. The van der Waals surface area contributed by atoms with Crippen LogP contribution in [0.1, 0.15) is 10.6 Å². The van der Waals surface area contributed by atoms with Crippen molar-refractivity contribution in [2.45, 2.75) is 13.5 Å². The predicted octanol–water partition coefficient (Wildman–Crippen LogP) is 3.17. The summed E-state index contributed by atoms with van der Waals surface area (Å²) in [5.74, 6) is 0.292. The fourth-order valence-corrected chi connectivity index (χ4v) is 1.72. The first kappa shape index (κ1) is 10.1. The predicted molar refractivity (Wildman–Crippen MR) is 57.6 cm³/mol. The number of halogens is 1. The summed E-state index contributed by atoms with van der Waals surface area (Å²) in [6, 6.07) is 4.51. The van der Waals surface area contributed by atoms with E-state index in [0.717, 1.165) is 10.6 Å². The van der Waals surface area contributed by atoms with Gasteiger partial charge in [-0.05, 0) is 18.6 Å². The van der Waals surface area contributed by atoms with Crippen LogP contribution in [0.4, 0.5) is 4.39 Å². The largest absolute Gasteiger partial charge is 0.486 e. The second-order valence-corrected chi connectivity index (χ2v) is 4.10. The van der Waals surface area contributed by atoms with Crippen LogP contribution in [-0.2, 0) is 6.61 Å². The Labute approximate surface area is 91.4 Å². The molecule has 0 fully saturated rings. The van der Waals surface area contributed by atoms with E-state index in [9.17, 15) is 4.39 Å². The Balaban J connectivity index is 2.07. The van der Waals surface area contributed by atoms with Gasteiger partial charge < -0.3 is 4.74 Å². The maximum Gasteiger partial charge on any atom is 0.140 e. The van der Waals surface area contributed by atoms with Crippen LogP contribution in [-0.4, -0.2) is 4.98 Å². The molecule has 0 N–H and O–H groups in total. The molecule has 0 aliphatic heterocycles. The van der Waals surface area contributed by atoms with Crippen molar-refractivity contribution >= 4 is 11.3 Å². The number of aryl methyl sites for hydroxylation is 1. The summed E-state index contributed by atoms with van der Waals surface area (Å²) in [4.78, 5) is 4.08. The van der Waals surface area contributed by atoms with Gasteiger partial charge in [-0.1, -0.05) is 6.07 Å². The number of benzene rings is 1. The quantitative estimate of drug-likeness (QED) is 0.797. The maximum absolute atomic E-state index is 12.9. The minimum Gasteiger partial charge on any atom is -0.486 e. The fraction of sp³-hybridized carbons (Fsp3) is 0.182. The van der Waals surface area contributed by atoms with Gasteiger partial charge >= 0.3 is 0 Å². The number of nitrogens with zero attached hydrogens (tertiary/aromatic N) is 1. The van der Waals surface area contributed by atoms with Crippen molar-refractivity contribution in [1.82, 2.24) is 4.98 Å². The molecule has 2 rings (SSSR count). The first-order chi connectivity index (χ1) is 7.25. The number of thiazole rings is 1. The van der Waals surface area contributed by atoms with Gasteiger partial charge in [-0.2, -0.15) is 0 Å². The molecule has 78 valence electrons. The van der Waals surface area contributed by atoms with Crippen LogP contribution >= 0.6 is 11.3 Å². The second kappa shape index (κ2) is 4.40. The zero-order chi connectivity index (χ0) is 10.7. The van der Waals surface area contributed by atoms with Crippen LogP contribution in [0.5, 0.6) is 5.75 Å². The molecule has 0 saturated carbocycles. The average molecular weight is 223 g/mol. The van der Waals surface area contributed by atoms with Crippen molar-refractivity contribution in [1.29, 1.82) is 0 Å². The standard InChI is InChI=1S/C11H10FNOS/c1-8-2-3-9(12)6-10(8)14-7-11-13-4-5-15-11/h2-6H,7H2,1H3. The van der Waals surface area contributed by atoms with Crippen LogP contribution in [0.15, 0.2) is 29.8 Å². The van der Waals surface area contributed by atoms with Gasteiger partial charge in [0.05, 0.1) is 0 Å². The summed E-state index contributed by atoms with van der Waals surface area (Å²) < 4.78 is 18.4. The third-order valence-corrected chi connectivity index (χ3v) is 2.74. The molecule has 0 bridgehead atoms. The number of hydrogen-bond acceptors (Lipinski definition) is 3. The Morgan fingerprint density at radius 2 is 2.33 bits per heavy atom. The molecule has 0 aliphatic carbocycles. The Morgan fingerprint density at radius 1 is 1.47 bits per heavy atom. The van der Waals surface area contributed by atoms with Gasteiger partial charge in [-0.3, -0.25) is 0 Å². The summed E-state index contributed by atoms with van der Waals surface area (Å²) in [7, 11) is 0. The van der Waals surface area contributed by atoms with Gasteiger partial charge in [-0.15, -0.1) is 11.3 Å². The van der Waals surface area contributed by atoms with Crippen molar-refractivity contribution in [2.24, 2.45) is 0 Å². The van der Waals surface area contributed by atoms with Gasteiger partial charge in [0.15, 0.2) is 0 Å². The van der Waals surface area contributed by atoms with E-state index in [0.29, 0.717) is 12.4 Å². The average Bonchev–Trinajstić information content (AvgIpc) is 2.72. The molecule has 0 atom stereocenters. The van der Waals surface area contributed by atoms with E-state index >= 15 is 0 Å². The van der Waals surface area contributed by atoms with E-state index in [1.165, 1.54) is 23.5 Å². The zero-order valence-electron chi connectivity index (χ0n) is 8.24. The molecule has 1 heterocycles. The fourth-order valence-electron chi connectivity index (χ4n) is 1.19. The summed E-state index contributed by atoms with van der Waals surface area (Å²) in [6.45, 7) is 2.28. The van der Waals surface area contributed by atoms with Crippen molar-refractivity contribution < 1.29 is 9.13 Å². The Kier molecular flexibility index (Phi) is 2.97. The summed E-state index contributed by atoms with van der Waals surface area (Å²) in [6.07, 6.45) is 1.72. The molecule has 0 radical (unpaired) electrons. The van der Waals surface area contributed by atoms with E-state index in [2.05, 4.69) is 4.98 Å². The van der Waals surface area contributed by atoms with Crippen molar-refractivity contribution in [2.75, 3.05) is 0 Å². The molecule has 0 unspecified atom stereocenters. The third-order valence-electron chi connectivity index (χ3n) is 1.98. The van der Waals surface area contributed by atoms with Crippen LogP contribution in [0.2, 0.25) is 0 Å². The summed E-state index contributed by atoms with van der Waals surface area (Å²) in [5.41, 5.74) is 0.924. The molecule has 1 aromatic heterocycles. The zero-order valence-corrected chi connectivity index (χ0v) is 9.05. The van der Waals surface area contributed by atoms with Gasteiger partial charge in [0.25, 0.3) is 0 Å². The molecular formula is C11H10FNOS. The van der Waals surface area contributed by atoms with E-state index in [1.54, 1.807) is 12.3 Å². The number of rotatable bonds is 3. The number of ether oxygens (including phenoxy) is 1. The topological polar surface area (TPSA) is 22.1 Å². The van der Waals surface area contributed by atoms with E-state index in [-0.39, 0.29) is 5.82 Å². The maximum atomic E-state index is 12.9. The first-order valence-electron chi connectivity index (χ1n) is 4.53. The van der Waals surface area contributed by atoms with Gasteiger partial charge in [0.1, 0.15) is 23.2 Å². The molecular weight excluding hydrogens is 213 g/mol. The molecule has 4 heteroatoms. The second-order valence-electron chi connectivity index (χ2n) is 3.12. The van der Waals surface area contributed by atoms with E-state index < -0.39 is 0 Å².